The molecule has 0 unspecified atom stereocenters. The summed E-state index contributed by atoms with van der Waals surface area (Å²) in [6, 6.07) is 0. The van der Waals surface area contributed by atoms with E-state index in [-0.39, 0.29) is 31.7 Å². The molecule has 0 saturated heterocycles. The molecular weight excluding hydrogens is 516 g/mol. The molecule has 1 aliphatic heterocycles. The predicted molar refractivity (Wildman–Crippen MR) is 166 cm³/mol. The number of ether oxygens (including phenoxy) is 3. The molecule has 0 fully saturated rings. The van der Waals surface area contributed by atoms with E-state index in [1.54, 1.807) is 0 Å². The van der Waals surface area contributed by atoms with Crippen LogP contribution in [0, 0.1) is 38.5 Å². The van der Waals surface area contributed by atoms with Crippen LogP contribution in [-0.2, 0) is 20.7 Å². The highest BCUT2D eigenvalue weighted by atomic mass is 16.5. The number of rotatable bonds is 18. The Hall–Kier alpha value is -2.08. The highest BCUT2D eigenvalue weighted by molar-refractivity contribution is 5.80. The maximum absolute atomic E-state index is 12.5. The minimum Gasteiger partial charge on any atom is -0.487 e. The number of esters is 2. The lowest BCUT2D eigenvalue weighted by molar-refractivity contribution is -0.147. The summed E-state index contributed by atoms with van der Waals surface area (Å²) in [5.74, 6) is 2.95. The second-order valence-electron chi connectivity index (χ2n) is 13.3. The van der Waals surface area contributed by atoms with Crippen molar-refractivity contribution < 1.29 is 28.9 Å². The average molecular weight is 575 g/mol. The van der Waals surface area contributed by atoms with Gasteiger partial charge in [0.1, 0.15) is 23.7 Å². The summed E-state index contributed by atoms with van der Waals surface area (Å²) in [5.41, 5.74) is 3.78. The Bertz CT molecular complexity index is 984. The Kier molecular flexibility index (Phi) is 14.7. The fourth-order valence-electron chi connectivity index (χ4n) is 6.01. The smallest absolute Gasteiger partial charge is 0.311 e. The third kappa shape index (κ3) is 11.6. The standard InChI is InChI=1S/C35H58O6/c1-24(2)12-9-13-25(3)14-10-15-26(4)16-11-20-35(8)21-19-30-29(7)33(27(5)28(6)34(30)41-35)40-32(38)18-17-31(37)39-23-22-36/h24-26,36H,9-23H2,1-8H3/t25-,26+,35-/m0/s1. The van der Waals surface area contributed by atoms with E-state index in [1.807, 2.05) is 20.8 Å². The molecule has 1 aromatic carbocycles. The molecule has 41 heavy (non-hydrogen) atoms. The van der Waals surface area contributed by atoms with Gasteiger partial charge in [0.05, 0.1) is 19.4 Å². The van der Waals surface area contributed by atoms with E-state index in [4.69, 9.17) is 19.3 Å². The van der Waals surface area contributed by atoms with Gasteiger partial charge in [-0.15, -0.1) is 0 Å². The van der Waals surface area contributed by atoms with E-state index >= 15 is 0 Å². The highest BCUT2D eigenvalue weighted by Crippen LogP contribution is 2.45. The summed E-state index contributed by atoms with van der Waals surface area (Å²) >= 11 is 0. The van der Waals surface area contributed by atoms with E-state index in [0.717, 1.165) is 65.0 Å². The quantitative estimate of drug-likeness (QED) is 0.140. The number of hydrogen-bond donors (Lipinski definition) is 1. The van der Waals surface area contributed by atoms with Crippen LogP contribution >= 0.6 is 0 Å². The molecule has 0 bridgehead atoms. The lowest BCUT2D eigenvalue weighted by Gasteiger charge is -2.38. The number of carbonyl (C=O) groups excluding carboxylic acids is 2. The molecule has 6 heteroatoms. The van der Waals surface area contributed by atoms with Gasteiger partial charge in [0.15, 0.2) is 0 Å². The van der Waals surface area contributed by atoms with Gasteiger partial charge < -0.3 is 19.3 Å². The van der Waals surface area contributed by atoms with Crippen LogP contribution in [0.4, 0.5) is 0 Å². The molecule has 0 aromatic heterocycles. The van der Waals surface area contributed by atoms with Crippen LogP contribution in [0.5, 0.6) is 11.5 Å². The van der Waals surface area contributed by atoms with Gasteiger partial charge in [-0.1, -0.05) is 72.6 Å². The van der Waals surface area contributed by atoms with E-state index in [9.17, 15) is 9.59 Å². The second kappa shape index (κ2) is 17.1. The minimum absolute atomic E-state index is 0.0633. The molecule has 1 heterocycles. The first-order valence-electron chi connectivity index (χ1n) is 16.2. The summed E-state index contributed by atoms with van der Waals surface area (Å²) in [6.07, 6.45) is 13.2. The number of fused-ring (bicyclic) bond motifs is 1. The van der Waals surface area contributed by atoms with Crippen molar-refractivity contribution in [2.24, 2.45) is 17.8 Å². The molecule has 0 saturated carbocycles. The zero-order chi connectivity index (χ0) is 30.6. The van der Waals surface area contributed by atoms with E-state index in [1.165, 1.54) is 51.4 Å². The topological polar surface area (TPSA) is 82.1 Å². The van der Waals surface area contributed by atoms with Gasteiger partial charge in [0.2, 0.25) is 0 Å². The third-order valence-corrected chi connectivity index (χ3v) is 8.94. The van der Waals surface area contributed by atoms with Gasteiger partial charge in [-0.25, -0.2) is 0 Å². The van der Waals surface area contributed by atoms with Crippen LogP contribution in [0.15, 0.2) is 0 Å². The maximum atomic E-state index is 12.5. The Balaban J connectivity index is 1.86. The monoisotopic (exact) mass is 574 g/mol. The molecule has 6 nitrogen and oxygen atoms in total. The average Bonchev–Trinajstić information content (AvgIpc) is 2.91. The van der Waals surface area contributed by atoms with Crippen molar-refractivity contribution in [3.05, 3.63) is 22.3 Å². The Labute approximate surface area is 249 Å². The van der Waals surface area contributed by atoms with Gasteiger partial charge in [-0.05, 0) is 87.8 Å². The molecule has 1 aromatic rings. The summed E-state index contributed by atoms with van der Waals surface area (Å²) in [7, 11) is 0. The zero-order valence-corrected chi connectivity index (χ0v) is 27.3. The van der Waals surface area contributed by atoms with Crippen molar-refractivity contribution >= 4 is 11.9 Å². The molecule has 0 radical (unpaired) electrons. The highest BCUT2D eigenvalue weighted by Gasteiger charge is 2.34. The SMILES string of the molecule is Cc1c(C)c2c(c(C)c1OC(=O)CCC(=O)OCCO)CC[C@](C)(CCC[C@H](C)CCC[C@@H](C)CCCC(C)C)O2. The van der Waals surface area contributed by atoms with Gasteiger partial charge in [-0.3, -0.25) is 9.59 Å². The summed E-state index contributed by atoms with van der Waals surface area (Å²) in [5, 5.41) is 8.76. The first kappa shape index (κ1) is 35.1. The molecule has 1 N–H and O–H groups in total. The number of aliphatic hydroxyl groups is 1. The van der Waals surface area contributed by atoms with Gasteiger partial charge in [0, 0.05) is 5.56 Å². The van der Waals surface area contributed by atoms with Crippen molar-refractivity contribution in [3.8, 4) is 11.5 Å². The Morgan fingerprint density at radius 2 is 1.44 bits per heavy atom. The van der Waals surface area contributed by atoms with Crippen molar-refractivity contribution in [2.45, 2.75) is 144 Å². The minimum atomic E-state index is -0.518. The predicted octanol–water partition coefficient (Wildman–Crippen LogP) is 8.36. The fourth-order valence-corrected chi connectivity index (χ4v) is 6.01. The van der Waals surface area contributed by atoms with E-state index in [0.29, 0.717) is 5.75 Å². The van der Waals surface area contributed by atoms with Crippen LogP contribution in [-0.4, -0.2) is 35.9 Å². The molecule has 234 valence electrons. The first-order valence-corrected chi connectivity index (χ1v) is 16.2. The second-order valence-corrected chi connectivity index (χ2v) is 13.3. The van der Waals surface area contributed by atoms with Gasteiger partial charge >= 0.3 is 11.9 Å². The molecule has 0 amide bonds. The molecule has 0 spiro atoms. The summed E-state index contributed by atoms with van der Waals surface area (Å²) in [4.78, 5) is 24.2. The van der Waals surface area contributed by atoms with Crippen LogP contribution < -0.4 is 9.47 Å². The Morgan fingerprint density at radius 3 is 2.05 bits per heavy atom. The zero-order valence-electron chi connectivity index (χ0n) is 27.3. The van der Waals surface area contributed by atoms with Crippen LogP contribution in [0.2, 0.25) is 0 Å². The largest absolute Gasteiger partial charge is 0.487 e. The van der Waals surface area contributed by atoms with Gasteiger partial charge in [0.25, 0.3) is 0 Å². The van der Waals surface area contributed by atoms with Crippen molar-refractivity contribution in [3.63, 3.8) is 0 Å². The Morgan fingerprint density at radius 1 is 0.854 bits per heavy atom. The van der Waals surface area contributed by atoms with Crippen molar-refractivity contribution in [2.75, 3.05) is 13.2 Å². The van der Waals surface area contributed by atoms with E-state index < -0.39 is 11.9 Å². The lowest BCUT2D eigenvalue weighted by Crippen LogP contribution is -2.37. The normalized spacial score (nSPS) is 18.0. The van der Waals surface area contributed by atoms with E-state index in [2.05, 4.69) is 34.6 Å². The van der Waals surface area contributed by atoms with Crippen molar-refractivity contribution in [1.82, 2.24) is 0 Å². The number of hydrogen-bond acceptors (Lipinski definition) is 6. The fraction of sp³-hybridized carbons (Fsp3) is 0.771. The van der Waals surface area contributed by atoms with Crippen molar-refractivity contribution in [1.29, 1.82) is 0 Å². The summed E-state index contributed by atoms with van der Waals surface area (Å²) in [6.45, 7) is 17.4. The number of aliphatic hydroxyl groups excluding tert-OH is 1. The lowest BCUT2D eigenvalue weighted by atomic mass is 9.83. The van der Waals surface area contributed by atoms with Crippen LogP contribution in [0.3, 0.4) is 0 Å². The first-order chi connectivity index (χ1) is 19.4. The third-order valence-electron chi connectivity index (χ3n) is 8.94. The molecular formula is C35H58O6. The number of benzene rings is 1. The summed E-state index contributed by atoms with van der Waals surface area (Å²) < 4.78 is 17.3. The number of carbonyl (C=O) groups is 2. The molecule has 1 aliphatic rings. The van der Waals surface area contributed by atoms with Gasteiger partial charge in [-0.2, -0.15) is 0 Å². The molecule has 2 rings (SSSR count). The van der Waals surface area contributed by atoms with Crippen LogP contribution in [0.25, 0.3) is 0 Å². The maximum Gasteiger partial charge on any atom is 0.311 e. The molecule has 3 atom stereocenters. The molecule has 0 aliphatic carbocycles. The van der Waals surface area contributed by atoms with Crippen LogP contribution in [0.1, 0.15) is 134 Å².